The highest BCUT2D eigenvalue weighted by Crippen LogP contribution is 2.08. The molecule has 0 amide bonds. The van der Waals surface area contributed by atoms with Gasteiger partial charge in [-0.1, -0.05) is 0 Å². The zero-order chi connectivity index (χ0) is 9.97. The Labute approximate surface area is 83.5 Å². The predicted octanol–water partition coefficient (Wildman–Crippen LogP) is 0.172. The van der Waals surface area contributed by atoms with Gasteiger partial charge in [-0.15, -0.1) is 10.2 Å². The van der Waals surface area contributed by atoms with Crippen LogP contribution in [0.25, 0.3) is 0 Å². The van der Waals surface area contributed by atoms with E-state index in [-0.39, 0.29) is 0 Å². The average Bonchev–Trinajstić information content (AvgIpc) is 2.56. The zero-order valence-corrected chi connectivity index (χ0v) is 8.66. The second-order valence-corrected chi connectivity index (χ2v) is 3.74. The average molecular weight is 196 g/mol. The molecule has 2 heterocycles. The predicted molar refractivity (Wildman–Crippen MR) is 51.8 cm³/mol. The van der Waals surface area contributed by atoms with Crippen molar-refractivity contribution in [1.29, 1.82) is 0 Å². The fraction of sp³-hybridized carbons (Fsp3) is 0.778. The van der Waals surface area contributed by atoms with Gasteiger partial charge in [0.15, 0.2) is 0 Å². The maximum Gasteiger partial charge on any atom is 0.230 e. The number of nitrogens with zero attached hydrogens (tertiary/aromatic N) is 3. The molecule has 0 saturated carbocycles. The molecule has 0 spiro atoms. The summed E-state index contributed by atoms with van der Waals surface area (Å²) in [6, 6.07) is 0.538. The Hall–Kier alpha value is -0.940. The van der Waals surface area contributed by atoms with Crippen LogP contribution >= 0.6 is 0 Å². The van der Waals surface area contributed by atoms with Gasteiger partial charge in [0.2, 0.25) is 11.8 Å². The second-order valence-electron chi connectivity index (χ2n) is 3.74. The first-order valence-corrected chi connectivity index (χ1v) is 4.99. The Morgan fingerprint density at radius 2 is 2.43 bits per heavy atom. The fourth-order valence-corrected chi connectivity index (χ4v) is 1.69. The number of hydrogen-bond acceptors (Lipinski definition) is 5. The maximum atomic E-state index is 5.35. The molecular formula is C9H16N4O. The van der Waals surface area contributed by atoms with Gasteiger partial charge in [0.1, 0.15) is 0 Å². The Morgan fingerprint density at radius 1 is 1.57 bits per heavy atom. The SMILES string of the molecule is Cc1nnc(CN2CCNC[C@@H]2C)o1. The number of piperazine rings is 1. The van der Waals surface area contributed by atoms with Crippen molar-refractivity contribution in [3.8, 4) is 0 Å². The minimum Gasteiger partial charge on any atom is -0.424 e. The molecule has 5 heteroatoms. The summed E-state index contributed by atoms with van der Waals surface area (Å²) in [7, 11) is 0. The first-order chi connectivity index (χ1) is 6.75. The van der Waals surface area contributed by atoms with Crippen LogP contribution in [0.2, 0.25) is 0 Å². The van der Waals surface area contributed by atoms with E-state index in [2.05, 4.69) is 27.3 Å². The number of rotatable bonds is 2. The summed E-state index contributed by atoms with van der Waals surface area (Å²) in [5.41, 5.74) is 0. The third-order valence-electron chi connectivity index (χ3n) is 2.55. The van der Waals surface area contributed by atoms with Crippen LogP contribution in [0.15, 0.2) is 4.42 Å². The van der Waals surface area contributed by atoms with E-state index in [1.165, 1.54) is 0 Å². The summed E-state index contributed by atoms with van der Waals surface area (Å²) in [5.74, 6) is 1.36. The summed E-state index contributed by atoms with van der Waals surface area (Å²) >= 11 is 0. The maximum absolute atomic E-state index is 5.35. The molecule has 1 aromatic heterocycles. The van der Waals surface area contributed by atoms with Crippen LogP contribution in [0.1, 0.15) is 18.7 Å². The molecule has 5 nitrogen and oxygen atoms in total. The number of nitrogens with one attached hydrogen (secondary N) is 1. The van der Waals surface area contributed by atoms with Crippen molar-refractivity contribution in [2.75, 3.05) is 19.6 Å². The van der Waals surface area contributed by atoms with E-state index < -0.39 is 0 Å². The van der Waals surface area contributed by atoms with Crippen LogP contribution in [0.5, 0.6) is 0 Å². The molecule has 0 radical (unpaired) electrons. The van der Waals surface area contributed by atoms with Gasteiger partial charge in [0.05, 0.1) is 6.54 Å². The van der Waals surface area contributed by atoms with E-state index >= 15 is 0 Å². The van der Waals surface area contributed by atoms with Crippen LogP contribution in [-0.4, -0.2) is 40.8 Å². The third-order valence-corrected chi connectivity index (χ3v) is 2.55. The molecule has 78 valence electrons. The number of aryl methyl sites for hydroxylation is 1. The van der Waals surface area contributed by atoms with Gasteiger partial charge in [-0.2, -0.15) is 0 Å². The summed E-state index contributed by atoms with van der Waals surface area (Å²) in [6.45, 7) is 7.91. The van der Waals surface area contributed by atoms with Crippen molar-refractivity contribution in [3.63, 3.8) is 0 Å². The van der Waals surface area contributed by atoms with Crippen LogP contribution in [-0.2, 0) is 6.54 Å². The normalized spacial score (nSPS) is 24.0. The highest BCUT2D eigenvalue weighted by Gasteiger charge is 2.19. The molecule has 0 aliphatic carbocycles. The van der Waals surface area contributed by atoms with Crippen molar-refractivity contribution in [3.05, 3.63) is 11.8 Å². The van der Waals surface area contributed by atoms with Gasteiger partial charge < -0.3 is 9.73 Å². The topological polar surface area (TPSA) is 54.2 Å². The molecule has 1 aromatic rings. The Kier molecular flexibility index (Phi) is 2.79. The van der Waals surface area contributed by atoms with Gasteiger partial charge in [-0.25, -0.2) is 0 Å². The highest BCUT2D eigenvalue weighted by molar-refractivity contribution is 4.83. The monoisotopic (exact) mass is 196 g/mol. The van der Waals surface area contributed by atoms with Crippen molar-refractivity contribution in [2.45, 2.75) is 26.4 Å². The molecule has 1 saturated heterocycles. The van der Waals surface area contributed by atoms with Crippen molar-refractivity contribution in [1.82, 2.24) is 20.4 Å². The van der Waals surface area contributed by atoms with Crippen LogP contribution < -0.4 is 5.32 Å². The largest absolute Gasteiger partial charge is 0.424 e. The summed E-state index contributed by atoms with van der Waals surface area (Å²) in [5, 5.41) is 11.2. The van der Waals surface area contributed by atoms with E-state index in [4.69, 9.17) is 4.42 Å². The minimum absolute atomic E-state index is 0.538. The number of hydrogen-bond donors (Lipinski definition) is 1. The molecule has 0 aromatic carbocycles. The van der Waals surface area contributed by atoms with Gasteiger partial charge in [0.25, 0.3) is 0 Å². The molecule has 0 bridgehead atoms. The minimum atomic E-state index is 0.538. The smallest absolute Gasteiger partial charge is 0.230 e. The second kappa shape index (κ2) is 4.06. The molecule has 1 atom stereocenters. The lowest BCUT2D eigenvalue weighted by Crippen LogP contribution is -2.49. The zero-order valence-electron chi connectivity index (χ0n) is 8.66. The fourth-order valence-electron chi connectivity index (χ4n) is 1.69. The Bertz CT molecular complexity index is 299. The Balaban J connectivity index is 1.95. The van der Waals surface area contributed by atoms with Crippen LogP contribution in [0, 0.1) is 6.92 Å². The molecule has 1 fully saturated rings. The molecule has 1 N–H and O–H groups in total. The van der Waals surface area contributed by atoms with Crippen molar-refractivity contribution < 1.29 is 4.42 Å². The first kappa shape index (κ1) is 9.61. The van der Waals surface area contributed by atoms with E-state index in [9.17, 15) is 0 Å². The summed E-state index contributed by atoms with van der Waals surface area (Å²) in [4.78, 5) is 2.35. The van der Waals surface area contributed by atoms with Gasteiger partial charge >= 0.3 is 0 Å². The lowest BCUT2D eigenvalue weighted by molar-refractivity contribution is 0.150. The number of aromatic nitrogens is 2. The van der Waals surface area contributed by atoms with E-state index in [1.807, 2.05) is 6.92 Å². The van der Waals surface area contributed by atoms with Gasteiger partial charge in [-0.05, 0) is 6.92 Å². The van der Waals surface area contributed by atoms with Crippen LogP contribution in [0.3, 0.4) is 0 Å². The van der Waals surface area contributed by atoms with E-state index in [0.29, 0.717) is 11.9 Å². The lowest BCUT2D eigenvalue weighted by atomic mass is 10.2. The summed E-state index contributed by atoms with van der Waals surface area (Å²) < 4.78 is 5.35. The first-order valence-electron chi connectivity index (χ1n) is 4.99. The summed E-state index contributed by atoms with van der Waals surface area (Å²) in [6.07, 6.45) is 0. The van der Waals surface area contributed by atoms with Crippen LogP contribution in [0.4, 0.5) is 0 Å². The molecule has 0 unspecified atom stereocenters. The molecular weight excluding hydrogens is 180 g/mol. The van der Waals surface area contributed by atoms with Gasteiger partial charge in [0, 0.05) is 32.6 Å². The highest BCUT2D eigenvalue weighted by atomic mass is 16.4. The molecule has 14 heavy (non-hydrogen) atoms. The molecule has 1 aliphatic heterocycles. The molecule has 1 aliphatic rings. The van der Waals surface area contributed by atoms with E-state index in [0.717, 1.165) is 32.1 Å². The quantitative estimate of drug-likeness (QED) is 0.731. The third kappa shape index (κ3) is 2.10. The Morgan fingerprint density at radius 3 is 3.07 bits per heavy atom. The van der Waals surface area contributed by atoms with E-state index in [1.54, 1.807) is 0 Å². The van der Waals surface area contributed by atoms with Crippen molar-refractivity contribution in [2.24, 2.45) is 0 Å². The lowest BCUT2D eigenvalue weighted by Gasteiger charge is -2.32. The standard InChI is InChI=1S/C9H16N4O/c1-7-5-10-3-4-13(7)6-9-12-11-8(2)14-9/h7,10H,3-6H2,1-2H3/t7-/m0/s1. The molecule has 2 rings (SSSR count). The van der Waals surface area contributed by atoms with Gasteiger partial charge in [-0.3, -0.25) is 4.90 Å². The van der Waals surface area contributed by atoms with Crippen molar-refractivity contribution >= 4 is 0 Å².